The van der Waals surface area contributed by atoms with Crippen LogP contribution < -0.4 is 5.32 Å². The second-order valence-electron chi connectivity index (χ2n) is 5.42. The van der Waals surface area contributed by atoms with Crippen molar-refractivity contribution in [3.05, 3.63) is 41.5 Å². The first-order chi connectivity index (χ1) is 10.1. The average molecular weight is 305 g/mol. The molecule has 4 nitrogen and oxygen atoms in total. The highest BCUT2D eigenvalue weighted by molar-refractivity contribution is 7.98. The van der Waals surface area contributed by atoms with Crippen LogP contribution in [-0.4, -0.2) is 22.7 Å². The monoisotopic (exact) mass is 305 g/mol. The Bertz CT molecular complexity index is 537. The van der Waals surface area contributed by atoms with Gasteiger partial charge in [0.2, 0.25) is 5.89 Å². The highest BCUT2D eigenvalue weighted by Crippen LogP contribution is 2.21. The smallest absolute Gasteiger partial charge is 0.226 e. The summed E-state index contributed by atoms with van der Waals surface area (Å²) >= 11 is 1.73. The Morgan fingerprint density at radius 2 is 2.00 bits per heavy atom. The summed E-state index contributed by atoms with van der Waals surface area (Å²) in [6.07, 6.45) is 1.85. The minimum atomic E-state index is 0.522. The van der Waals surface area contributed by atoms with E-state index in [4.69, 9.17) is 4.52 Å². The standard InChI is InChI=1S/C16H23N3OS/c1-12(2)17-10-4-5-16-18-15(19-20-16)11-21-14-8-6-13(3)7-9-14/h6-9,12,17H,4-5,10-11H2,1-3H3. The lowest BCUT2D eigenvalue weighted by atomic mass is 10.2. The van der Waals surface area contributed by atoms with Gasteiger partial charge in [-0.15, -0.1) is 11.8 Å². The predicted octanol–water partition coefficient (Wildman–Crippen LogP) is 3.60. The van der Waals surface area contributed by atoms with Gasteiger partial charge >= 0.3 is 0 Å². The Labute approximate surface area is 130 Å². The number of benzene rings is 1. The van der Waals surface area contributed by atoms with Crippen molar-refractivity contribution in [1.29, 1.82) is 0 Å². The van der Waals surface area contributed by atoms with Gasteiger partial charge in [-0.1, -0.05) is 36.7 Å². The van der Waals surface area contributed by atoms with Gasteiger partial charge in [0.15, 0.2) is 5.82 Å². The van der Waals surface area contributed by atoms with Crippen molar-refractivity contribution >= 4 is 11.8 Å². The Hall–Kier alpha value is -1.33. The van der Waals surface area contributed by atoms with Crippen LogP contribution in [0, 0.1) is 6.92 Å². The summed E-state index contributed by atoms with van der Waals surface area (Å²) in [6.45, 7) is 7.36. The molecular weight excluding hydrogens is 282 g/mol. The lowest BCUT2D eigenvalue weighted by Crippen LogP contribution is -2.23. The number of rotatable bonds is 8. The molecule has 0 radical (unpaired) electrons. The third kappa shape index (κ3) is 5.89. The van der Waals surface area contributed by atoms with E-state index < -0.39 is 0 Å². The number of aryl methyl sites for hydroxylation is 2. The van der Waals surface area contributed by atoms with Crippen LogP contribution in [0.25, 0.3) is 0 Å². The van der Waals surface area contributed by atoms with E-state index >= 15 is 0 Å². The van der Waals surface area contributed by atoms with Gasteiger partial charge in [0.1, 0.15) is 0 Å². The number of hydrogen-bond acceptors (Lipinski definition) is 5. The largest absolute Gasteiger partial charge is 0.339 e. The predicted molar refractivity (Wildman–Crippen MR) is 86.5 cm³/mol. The Morgan fingerprint density at radius 3 is 2.71 bits per heavy atom. The first-order valence-electron chi connectivity index (χ1n) is 7.38. The molecule has 2 aromatic rings. The van der Waals surface area contributed by atoms with Crippen molar-refractivity contribution in [3.63, 3.8) is 0 Å². The molecular formula is C16H23N3OS. The zero-order chi connectivity index (χ0) is 15.1. The molecule has 0 atom stereocenters. The molecule has 5 heteroatoms. The lowest BCUT2D eigenvalue weighted by Gasteiger charge is -2.05. The van der Waals surface area contributed by atoms with Crippen molar-refractivity contribution in [2.75, 3.05) is 6.54 Å². The van der Waals surface area contributed by atoms with Crippen LogP contribution in [0.2, 0.25) is 0 Å². The summed E-state index contributed by atoms with van der Waals surface area (Å²) in [6, 6.07) is 9.00. The molecule has 1 N–H and O–H groups in total. The van der Waals surface area contributed by atoms with Gasteiger partial charge in [-0.25, -0.2) is 0 Å². The average Bonchev–Trinajstić information content (AvgIpc) is 2.91. The van der Waals surface area contributed by atoms with Gasteiger partial charge in [-0.3, -0.25) is 0 Å². The quantitative estimate of drug-likeness (QED) is 0.596. The molecule has 0 aliphatic heterocycles. The molecule has 0 aliphatic rings. The number of hydrogen-bond donors (Lipinski definition) is 1. The molecule has 0 saturated heterocycles. The summed E-state index contributed by atoms with van der Waals surface area (Å²) in [5.41, 5.74) is 1.27. The number of aromatic nitrogens is 2. The second-order valence-corrected chi connectivity index (χ2v) is 6.47. The molecule has 1 heterocycles. The minimum absolute atomic E-state index is 0.522. The maximum absolute atomic E-state index is 5.28. The molecule has 114 valence electrons. The first kappa shape index (κ1) is 16.0. The molecule has 0 unspecified atom stereocenters. The lowest BCUT2D eigenvalue weighted by molar-refractivity contribution is 0.370. The van der Waals surface area contributed by atoms with Crippen LogP contribution in [0.4, 0.5) is 0 Å². The molecule has 0 aliphatic carbocycles. The van der Waals surface area contributed by atoms with Gasteiger partial charge in [0.25, 0.3) is 0 Å². The van der Waals surface area contributed by atoms with Gasteiger partial charge < -0.3 is 9.84 Å². The molecule has 2 rings (SSSR count). The van der Waals surface area contributed by atoms with Crippen molar-refractivity contribution in [1.82, 2.24) is 15.5 Å². The number of nitrogens with one attached hydrogen (secondary N) is 1. The van der Waals surface area contributed by atoms with E-state index in [1.165, 1.54) is 10.5 Å². The van der Waals surface area contributed by atoms with Crippen LogP contribution in [-0.2, 0) is 12.2 Å². The third-order valence-electron chi connectivity index (χ3n) is 3.02. The fourth-order valence-corrected chi connectivity index (χ4v) is 2.60. The molecule has 1 aromatic heterocycles. The summed E-state index contributed by atoms with van der Waals surface area (Å²) in [7, 11) is 0. The van der Waals surface area contributed by atoms with Crippen LogP contribution in [0.5, 0.6) is 0 Å². The molecule has 0 fully saturated rings. The highest BCUT2D eigenvalue weighted by Gasteiger charge is 2.06. The van der Waals surface area contributed by atoms with Crippen molar-refractivity contribution in [2.45, 2.75) is 50.3 Å². The van der Waals surface area contributed by atoms with E-state index in [2.05, 4.69) is 60.5 Å². The first-order valence-corrected chi connectivity index (χ1v) is 8.36. The van der Waals surface area contributed by atoms with E-state index in [1.807, 2.05) is 0 Å². The number of thioether (sulfide) groups is 1. The minimum Gasteiger partial charge on any atom is -0.339 e. The number of nitrogens with zero attached hydrogens (tertiary/aromatic N) is 2. The van der Waals surface area contributed by atoms with E-state index in [0.29, 0.717) is 6.04 Å². The van der Waals surface area contributed by atoms with Crippen LogP contribution in [0.1, 0.15) is 37.5 Å². The van der Waals surface area contributed by atoms with Gasteiger partial charge in [-0.05, 0) is 32.0 Å². The highest BCUT2D eigenvalue weighted by atomic mass is 32.2. The van der Waals surface area contributed by atoms with Crippen molar-refractivity contribution in [3.8, 4) is 0 Å². The fourth-order valence-electron chi connectivity index (χ4n) is 1.86. The second kappa shape index (κ2) is 8.20. The molecule has 0 bridgehead atoms. The van der Waals surface area contributed by atoms with Crippen LogP contribution in [0.15, 0.2) is 33.7 Å². The van der Waals surface area contributed by atoms with Gasteiger partial charge in [0.05, 0.1) is 5.75 Å². The van der Waals surface area contributed by atoms with Gasteiger partial charge in [0, 0.05) is 17.4 Å². The molecule has 0 spiro atoms. The molecule has 0 saturated carbocycles. The van der Waals surface area contributed by atoms with Crippen LogP contribution >= 0.6 is 11.8 Å². The maximum Gasteiger partial charge on any atom is 0.226 e. The van der Waals surface area contributed by atoms with Crippen molar-refractivity contribution < 1.29 is 4.52 Å². The third-order valence-corrected chi connectivity index (χ3v) is 4.03. The SMILES string of the molecule is Cc1ccc(SCc2noc(CCCNC(C)C)n2)cc1. The summed E-state index contributed by atoms with van der Waals surface area (Å²) in [4.78, 5) is 5.66. The topological polar surface area (TPSA) is 51.0 Å². The van der Waals surface area contributed by atoms with Gasteiger partial charge in [-0.2, -0.15) is 4.98 Å². The summed E-state index contributed by atoms with van der Waals surface area (Å²) in [5.74, 6) is 2.25. The zero-order valence-corrected chi connectivity index (χ0v) is 13.7. The Kier molecular flexibility index (Phi) is 6.26. The molecule has 21 heavy (non-hydrogen) atoms. The molecule has 0 amide bonds. The maximum atomic E-state index is 5.28. The summed E-state index contributed by atoms with van der Waals surface area (Å²) < 4.78 is 5.28. The van der Waals surface area contributed by atoms with Crippen molar-refractivity contribution in [2.24, 2.45) is 0 Å². The fraction of sp³-hybridized carbons (Fsp3) is 0.500. The Balaban J connectivity index is 1.73. The van der Waals surface area contributed by atoms with E-state index in [0.717, 1.165) is 36.9 Å². The zero-order valence-electron chi connectivity index (χ0n) is 12.9. The molecule has 1 aromatic carbocycles. The van der Waals surface area contributed by atoms with Crippen LogP contribution in [0.3, 0.4) is 0 Å². The normalized spacial score (nSPS) is 11.2. The Morgan fingerprint density at radius 1 is 1.24 bits per heavy atom. The van der Waals surface area contributed by atoms with E-state index in [9.17, 15) is 0 Å². The van der Waals surface area contributed by atoms with E-state index in [1.54, 1.807) is 11.8 Å². The van der Waals surface area contributed by atoms with E-state index in [-0.39, 0.29) is 0 Å². The summed E-state index contributed by atoms with van der Waals surface area (Å²) in [5, 5.41) is 7.42.